The van der Waals surface area contributed by atoms with Crippen LogP contribution < -0.4 is 16.0 Å². The molecule has 18 nitrogen and oxygen atoms in total. The van der Waals surface area contributed by atoms with E-state index in [0.29, 0.717) is 5.56 Å². The fourth-order valence-electron chi connectivity index (χ4n) is 5.75. The number of likely N-dealkylation sites (N-methyl/N-ethyl adjacent to an activating group) is 3. The second kappa shape index (κ2) is 20.5. The van der Waals surface area contributed by atoms with Crippen LogP contribution in [-0.4, -0.2) is 150 Å². The van der Waals surface area contributed by atoms with Gasteiger partial charge in [-0.25, -0.2) is 9.59 Å². The fraction of sp³-hybridized carbons (Fsp3) is 0.579. The largest absolute Gasteiger partial charge is 0.458 e. The highest BCUT2D eigenvalue weighted by Gasteiger charge is 2.43. The van der Waals surface area contributed by atoms with E-state index >= 15 is 0 Å². The number of ether oxygens (including phenoxy) is 3. The van der Waals surface area contributed by atoms with Gasteiger partial charge in [-0.2, -0.15) is 0 Å². The van der Waals surface area contributed by atoms with Gasteiger partial charge in [0.15, 0.2) is 18.2 Å². The van der Waals surface area contributed by atoms with Crippen molar-refractivity contribution < 1.29 is 57.7 Å². The van der Waals surface area contributed by atoms with Gasteiger partial charge < -0.3 is 50.0 Å². The number of amides is 6. The second-order valence-corrected chi connectivity index (χ2v) is 14.2. The molecule has 0 bridgehead atoms. The van der Waals surface area contributed by atoms with E-state index in [9.17, 15) is 43.5 Å². The lowest BCUT2D eigenvalue weighted by molar-refractivity contribution is -0.172. The van der Waals surface area contributed by atoms with Crippen molar-refractivity contribution in [2.45, 2.75) is 110 Å². The van der Waals surface area contributed by atoms with Crippen molar-refractivity contribution in [3.8, 4) is 0 Å². The number of methoxy groups -OCH3 is 1. The third kappa shape index (κ3) is 11.8. The van der Waals surface area contributed by atoms with Gasteiger partial charge in [-0.15, -0.1) is 0 Å². The summed E-state index contributed by atoms with van der Waals surface area (Å²) in [6, 6.07) is 1.12. The van der Waals surface area contributed by atoms with Crippen LogP contribution in [0.25, 0.3) is 0 Å². The summed E-state index contributed by atoms with van der Waals surface area (Å²) in [6.45, 7) is 13.5. The molecule has 2 rings (SSSR count). The van der Waals surface area contributed by atoms with Crippen molar-refractivity contribution in [1.82, 2.24) is 30.7 Å². The molecule has 4 N–H and O–H groups in total. The van der Waals surface area contributed by atoms with E-state index < -0.39 is 114 Å². The summed E-state index contributed by atoms with van der Waals surface area (Å²) >= 11 is 0. The van der Waals surface area contributed by atoms with Crippen molar-refractivity contribution in [3.05, 3.63) is 48.2 Å². The Bertz CT molecular complexity index is 1640. The van der Waals surface area contributed by atoms with Crippen LogP contribution in [0.4, 0.5) is 0 Å². The normalized spacial score (nSPS) is 27.0. The van der Waals surface area contributed by atoms with Crippen LogP contribution in [0.5, 0.6) is 0 Å². The number of carbonyl (C=O) groups excluding carboxylic acids is 8. The molecule has 9 unspecified atom stereocenters. The van der Waals surface area contributed by atoms with Crippen LogP contribution in [0.15, 0.2) is 42.6 Å². The number of cyclic esters (lactones) is 2. The lowest BCUT2D eigenvalue weighted by atomic mass is 9.97. The van der Waals surface area contributed by atoms with Gasteiger partial charge in [0.1, 0.15) is 29.9 Å². The molecular weight excluding hydrogens is 732 g/mol. The smallest absolute Gasteiger partial charge is 0.333 e. The molecular formula is C38H56N6O12. The van der Waals surface area contributed by atoms with E-state index in [2.05, 4.69) is 22.5 Å². The summed E-state index contributed by atoms with van der Waals surface area (Å²) in [5.74, 6) is -7.93. The maximum Gasteiger partial charge on any atom is 0.333 e. The van der Waals surface area contributed by atoms with Crippen LogP contribution in [0.1, 0.15) is 54.0 Å². The third-order valence-corrected chi connectivity index (χ3v) is 9.62. The number of nitrogens with one attached hydrogen (secondary N) is 3. The van der Waals surface area contributed by atoms with Crippen molar-refractivity contribution in [2.24, 2.45) is 5.92 Å². The van der Waals surface area contributed by atoms with E-state index in [0.717, 1.165) is 21.6 Å². The van der Waals surface area contributed by atoms with Gasteiger partial charge in [0.2, 0.25) is 23.6 Å². The first kappa shape index (κ1) is 46.8. The first-order valence-electron chi connectivity index (χ1n) is 18.1. The minimum atomic E-state index is -1.68. The minimum absolute atomic E-state index is 0.186. The molecule has 1 heterocycles. The number of hydrogen-bond donors (Lipinski definition) is 4. The lowest BCUT2D eigenvalue weighted by Crippen LogP contribution is -2.62. The Balaban J connectivity index is 2.75. The molecule has 0 radical (unpaired) electrons. The number of esters is 2. The first-order chi connectivity index (χ1) is 26.0. The Kier molecular flexibility index (Phi) is 17.2. The van der Waals surface area contributed by atoms with Crippen molar-refractivity contribution in [3.63, 3.8) is 0 Å². The Hall–Kier alpha value is -5.36. The van der Waals surface area contributed by atoms with Crippen LogP contribution >= 0.6 is 0 Å². The van der Waals surface area contributed by atoms with Crippen molar-refractivity contribution >= 4 is 47.4 Å². The molecule has 1 aromatic rings. The molecule has 0 spiro atoms. The van der Waals surface area contributed by atoms with Crippen LogP contribution in [0.2, 0.25) is 0 Å². The van der Waals surface area contributed by atoms with Gasteiger partial charge in [-0.05, 0) is 39.2 Å². The number of hydrogen-bond acceptors (Lipinski definition) is 12. The summed E-state index contributed by atoms with van der Waals surface area (Å²) in [7, 11) is 5.01. The van der Waals surface area contributed by atoms with Crippen LogP contribution in [-0.2, 0) is 59.0 Å². The van der Waals surface area contributed by atoms with E-state index in [1.54, 1.807) is 44.2 Å². The first-order valence-corrected chi connectivity index (χ1v) is 18.1. The summed E-state index contributed by atoms with van der Waals surface area (Å²) in [6.07, 6.45) is -5.79. The van der Waals surface area contributed by atoms with E-state index in [-0.39, 0.29) is 6.42 Å². The molecule has 310 valence electrons. The predicted molar refractivity (Wildman–Crippen MR) is 201 cm³/mol. The SMILES string of the molecule is C=C1C(=O)NC(C)C(=O)N(C)C(C)C(=O)NC(C(O)C(C)C)C(=O)N(C)C(C(C)OC)C(=O)OC(C)C(NC(C)=O)C(=O)OC(Cc2ccccc2)C(=O)N1C. The number of aliphatic hydroxyl groups is 1. The van der Waals surface area contributed by atoms with Gasteiger partial charge in [-0.3, -0.25) is 28.8 Å². The Morgan fingerprint density at radius 3 is 2.02 bits per heavy atom. The van der Waals surface area contributed by atoms with E-state index in [4.69, 9.17) is 14.2 Å². The highest BCUT2D eigenvalue weighted by Crippen LogP contribution is 2.19. The molecule has 1 saturated heterocycles. The molecule has 9 atom stereocenters. The van der Waals surface area contributed by atoms with Crippen molar-refractivity contribution in [2.75, 3.05) is 28.3 Å². The molecule has 0 saturated carbocycles. The molecule has 6 amide bonds. The second-order valence-electron chi connectivity index (χ2n) is 14.2. The zero-order chi connectivity index (χ0) is 42.8. The number of aliphatic hydroxyl groups excluding tert-OH is 1. The van der Waals surface area contributed by atoms with Gasteiger partial charge in [-0.1, -0.05) is 50.8 Å². The highest BCUT2D eigenvalue weighted by atomic mass is 16.6. The molecule has 1 aliphatic rings. The molecule has 0 aromatic heterocycles. The maximum absolute atomic E-state index is 14.1. The Morgan fingerprint density at radius 2 is 1.48 bits per heavy atom. The average molecular weight is 789 g/mol. The third-order valence-electron chi connectivity index (χ3n) is 9.62. The number of rotatable bonds is 7. The summed E-state index contributed by atoms with van der Waals surface area (Å²) < 4.78 is 16.8. The lowest BCUT2D eigenvalue weighted by Gasteiger charge is -2.37. The van der Waals surface area contributed by atoms with Gasteiger partial charge >= 0.3 is 11.9 Å². The summed E-state index contributed by atoms with van der Waals surface area (Å²) in [4.78, 5) is 111. The van der Waals surface area contributed by atoms with Crippen LogP contribution in [0.3, 0.4) is 0 Å². The zero-order valence-electron chi connectivity index (χ0n) is 33.9. The standard InChI is InChI=1S/C38H56N6O12/c1-19(2)31(46)29-36(51)44(11)30(24(7)54-12)38(53)55-23(6)28(40-25(8)45)37(52)56-27(18-26-16-14-13-15-17-26)35(50)43(10)21(4)32(47)39-20(3)34(49)42(9)22(5)33(48)41-29/h13-17,19-20,22-24,27-31,46H,4,18H2,1-3,5-12H3,(H,39,47)(H,40,45)(H,41,48). The average Bonchev–Trinajstić information content (AvgIpc) is 3.15. The summed E-state index contributed by atoms with van der Waals surface area (Å²) in [5, 5.41) is 18.5. The topological polar surface area (TPSA) is 230 Å². The van der Waals surface area contributed by atoms with Crippen molar-refractivity contribution in [1.29, 1.82) is 0 Å². The van der Waals surface area contributed by atoms with E-state index in [1.807, 2.05) is 0 Å². The van der Waals surface area contributed by atoms with Gasteiger partial charge in [0, 0.05) is 41.6 Å². The molecule has 0 aliphatic carbocycles. The van der Waals surface area contributed by atoms with Gasteiger partial charge in [0.25, 0.3) is 11.8 Å². The fourth-order valence-corrected chi connectivity index (χ4v) is 5.75. The number of carbonyl (C=O) groups is 8. The Labute approximate surface area is 327 Å². The maximum atomic E-state index is 14.1. The quantitative estimate of drug-likeness (QED) is 0.198. The highest BCUT2D eigenvalue weighted by molar-refractivity contribution is 6.01. The number of benzene rings is 1. The number of nitrogens with zero attached hydrogens (tertiary/aromatic N) is 3. The van der Waals surface area contributed by atoms with E-state index in [1.165, 1.54) is 55.9 Å². The van der Waals surface area contributed by atoms with Crippen LogP contribution in [0, 0.1) is 5.92 Å². The molecule has 1 aliphatic heterocycles. The van der Waals surface area contributed by atoms with Gasteiger partial charge in [0.05, 0.1) is 12.2 Å². The minimum Gasteiger partial charge on any atom is -0.458 e. The zero-order valence-corrected chi connectivity index (χ0v) is 33.9. The molecule has 1 aromatic carbocycles. The summed E-state index contributed by atoms with van der Waals surface area (Å²) in [5.41, 5.74) is 0.135. The molecule has 56 heavy (non-hydrogen) atoms. The monoisotopic (exact) mass is 788 g/mol. The predicted octanol–water partition coefficient (Wildman–Crippen LogP) is -0.722. The Morgan fingerprint density at radius 1 is 0.893 bits per heavy atom. The molecule has 18 heteroatoms. The molecule has 1 fully saturated rings.